The summed E-state index contributed by atoms with van der Waals surface area (Å²) in [5.41, 5.74) is 3.52. The van der Waals surface area contributed by atoms with Crippen molar-refractivity contribution in [3.8, 4) is 5.75 Å². The quantitative estimate of drug-likeness (QED) is 0.546. The van der Waals surface area contributed by atoms with Gasteiger partial charge in [0.15, 0.2) is 0 Å². The fraction of sp³-hybridized carbons (Fsp3) is 0.400. The lowest BCUT2D eigenvalue weighted by Crippen LogP contribution is -2.47. The minimum absolute atomic E-state index is 0.319. The van der Waals surface area contributed by atoms with Crippen molar-refractivity contribution >= 4 is 22.6 Å². The summed E-state index contributed by atoms with van der Waals surface area (Å²) in [6, 6.07) is 14.5. The van der Waals surface area contributed by atoms with Crippen LogP contribution in [0.4, 0.5) is 0 Å². The minimum atomic E-state index is -0.319. The summed E-state index contributed by atoms with van der Waals surface area (Å²) >= 11 is 6.55. The van der Waals surface area contributed by atoms with Gasteiger partial charge in [-0.3, -0.25) is 9.80 Å². The summed E-state index contributed by atoms with van der Waals surface area (Å²) in [4.78, 5) is 17.0. The molecule has 2 aliphatic heterocycles. The van der Waals surface area contributed by atoms with Crippen molar-refractivity contribution in [1.82, 2.24) is 9.80 Å². The smallest absolute Gasteiger partial charge is 0.336 e. The first-order valence-corrected chi connectivity index (χ1v) is 11.4. The van der Waals surface area contributed by atoms with E-state index in [0.717, 1.165) is 55.4 Å². The molecule has 5 nitrogen and oxygen atoms in total. The normalized spacial score (nSPS) is 18.1. The molecular formula is C25H27ClN2O3. The van der Waals surface area contributed by atoms with E-state index < -0.39 is 0 Å². The van der Waals surface area contributed by atoms with E-state index in [-0.39, 0.29) is 5.63 Å². The molecule has 0 saturated carbocycles. The molecule has 1 aromatic heterocycles. The zero-order valence-electron chi connectivity index (χ0n) is 17.8. The highest BCUT2D eigenvalue weighted by Gasteiger charge is 2.31. The topological polar surface area (TPSA) is 45.9 Å². The summed E-state index contributed by atoms with van der Waals surface area (Å²) in [5.74, 6) is 0.656. The Morgan fingerprint density at radius 1 is 1.13 bits per heavy atom. The molecule has 5 rings (SSSR count). The van der Waals surface area contributed by atoms with Crippen molar-refractivity contribution in [2.24, 2.45) is 0 Å². The standard InChI is InChI=1S/C25H27ClN2O3/c1-2-18-12-23(29)31-24-20(18)13-22(26)25-21(24)15-28(16-30-25)19-8-10-27(11-9-19)14-17-6-4-3-5-7-17/h3-7,12-13,19H,2,8-11,14-16H2,1H3. The van der Waals surface area contributed by atoms with Crippen LogP contribution in [0, 0.1) is 0 Å². The Kier molecular flexibility index (Phi) is 5.74. The Morgan fingerprint density at radius 2 is 1.90 bits per heavy atom. The third-order valence-electron chi connectivity index (χ3n) is 6.56. The van der Waals surface area contributed by atoms with Crippen molar-refractivity contribution in [2.75, 3.05) is 19.8 Å². The highest BCUT2D eigenvalue weighted by molar-refractivity contribution is 6.33. The number of benzene rings is 2. The maximum atomic E-state index is 12.1. The summed E-state index contributed by atoms with van der Waals surface area (Å²) in [6.45, 7) is 6.36. The van der Waals surface area contributed by atoms with Crippen LogP contribution >= 0.6 is 11.6 Å². The molecule has 2 aromatic carbocycles. The maximum absolute atomic E-state index is 12.1. The van der Waals surface area contributed by atoms with Crippen LogP contribution < -0.4 is 10.4 Å². The SMILES string of the molecule is CCc1cc(=O)oc2c3c(c(Cl)cc12)OCN(C1CCN(Cc2ccccc2)CC1)C3. The molecule has 0 spiro atoms. The predicted molar refractivity (Wildman–Crippen MR) is 123 cm³/mol. The van der Waals surface area contributed by atoms with Crippen LogP contribution in [-0.2, 0) is 19.5 Å². The molecular weight excluding hydrogens is 412 g/mol. The van der Waals surface area contributed by atoms with E-state index in [1.54, 1.807) is 6.07 Å². The number of ether oxygens (including phenoxy) is 1. The van der Waals surface area contributed by atoms with E-state index in [4.69, 9.17) is 20.8 Å². The van der Waals surface area contributed by atoms with Crippen LogP contribution in [0.5, 0.6) is 5.75 Å². The van der Waals surface area contributed by atoms with E-state index in [1.807, 2.05) is 13.0 Å². The van der Waals surface area contributed by atoms with Crippen molar-refractivity contribution in [3.05, 3.63) is 74.6 Å². The molecule has 1 saturated heterocycles. The Balaban J connectivity index is 1.34. The van der Waals surface area contributed by atoms with Crippen LogP contribution in [0.1, 0.15) is 36.5 Å². The van der Waals surface area contributed by atoms with Gasteiger partial charge >= 0.3 is 5.63 Å². The van der Waals surface area contributed by atoms with Crippen molar-refractivity contribution in [2.45, 2.75) is 45.3 Å². The minimum Gasteiger partial charge on any atom is -0.476 e. The van der Waals surface area contributed by atoms with Crippen LogP contribution in [0.15, 0.2) is 51.7 Å². The molecule has 31 heavy (non-hydrogen) atoms. The molecule has 0 amide bonds. The van der Waals surface area contributed by atoms with Gasteiger partial charge in [-0.1, -0.05) is 48.9 Å². The second-order valence-corrected chi connectivity index (χ2v) is 8.91. The number of nitrogens with zero attached hydrogens (tertiary/aromatic N) is 2. The van der Waals surface area contributed by atoms with Gasteiger partial charge in [0.05, 0.1) is 10.6 Å². The fourth-order valence-electron chi connectivity index (χ4n) is 4.88. The molecule has 0 unspecified atom stereocenters. The van der Waals surface area contributed by atoms with Crippen molar-refractivity contribution in [3.63, 3.8) is 0 Å². The zero-order valence-corrected chi connectivity index (χ0v) is 18.5. The molecule has 2 aliphatic rings. The Bertz CT molecular complexity index is 1140. The number of aryl methyl sites for hydroxylation is 1. The maximum Gasteiger partial charge on any atom is 0.336 e. The van der Waals surface area contributed by atoms with Gasteiger partial charge in [-0.2, -0.15) is 0 Å². The van der Waals surface area contributed by atoms with Crippen LogP contribution in [0.25, 0.3) is 11.0 Å². The molecule has 3 aromatic rings. The van der Waals surface area contributed by atoms with E-state index in [1.165, 1.54) is 5.56 Å². The van der Waals surface area contributed by atoms with Gasteiger partial charge in [-0.25, -0.2) is 4.79 Å². The van der Waals surface area contributed by atoms with Gasteiger partial charge in [0.25, 0.3) is 0 Å². The third kappa shape index (κ3) is 4.10. The summed E-state index contributed by atoms with van der Waals surface area (Å²) in [7, 11) is 0. The van der Waals surface area contributed by atoms with Crippen molar-refractivity contribution in [1.29, 1.82) is 0 Å². The van der Waals surface area contributed by atoms with Gasteiger partial charge in [-0.15, -0.1) is 0 Å². The summed E-state index contributed by atoms with van der Waals surface area (Å²) in [5, 5.41) is 1.50. The largest absolute Gasteiger partial charge is 0.476 e. The average Bonchev–Trinajstić information content (AvgIpc) is 2.80. The highest BCUT2D eigenvalue weighted by Crippen LogP contribution is 2.40. The predicted octanol–water partition coefficient (Wildman–Crippen LogP) is 4.83. The molecule has 0 bridgehead atoms. The number of halogens is 1. The summed E-state index contributed by atoms with van der Waals surface area (Å²) in [6.07, 6.45) is 2.93. The molecule has 3 heterocycles. The van der Waals surface area contributed by atoms with Gasteiger partial charge in [0, 0.05) is 30.6 Å². The van der Waals surface area contributed by atoms with Crippen LogP contribution in [-0.4, -0.2) is 35.7 Å². The van der Waals surface area contributed by atoms with E-state index >= 15 is 0 Å². The second kappa shape index (κ2) is 8.65. The fourth-order valence-corrected chi connectivity index (χ4v) is 5.16. The van der Waals surface area contributed by atoms with E-state index in [2.05, 4.69) is 40.1 Å². The average molecular weight is 439 g/mol. The molecule has 1 fully saturated rings. The van der Waals surface area contributed by atoms with Gasteiger partial charge in [-0.05, 0) is 49.5 Å². The third-order valence-corrected chi connectivity index (χ3v) is 6.84. The lowest BCUT2D eigenvalue weighted by molar-refractivity contribution is 0.0245. The number of fused-ring (bicyclic) bond motifs is 3. The Labute approximate surface area is 187 Å². The lowest BCUT2D eigenvalue weighted by atomic mass is 9.99. The Hall–Kier alpha value is -2.34. The van der Waals surface area contributed by atoms with Crippen LogP contribution in [0.2, 0.25) is 5.02 Å². The first-order chi connectivity index (χ1) is 15.1. The number of rotatable bonds is 4. The monoisotopic (exact) mass is 438 g/mol. The van der Waals surface area contributed by atoms with Crippen LogP contribution in [0.3, 0.4) is 0 Å². The zero-order chi connectivity index (χ0) is 21.4. The molecule has 6 heteroatoms. The summed E-state index contributed by atoms with van der Waals surface area (Å²) < 4.78 is 11.7. The number of hydrogen-bond acceptors (Lipinski definition) is 5. The van der Waals surface area contributed by atoms with Gasteiger partial charge < -0.3 is 9.15 Å². The number of hydrogen-bond donors (Lipinski definition) is 0. The van der Waals surface area contributed by atoms with E-state index in [9.17, 15) is 4.79 Å². The Morgan fingerprint density at radius 3 is 2.65 bits per heavy atom. The molecule has 0 aliphatic carbocycles. The molecule has 162 valence electrons. The first kappa shape index (κ1) is 20.6. The van der Waals surface area contributed by atoms with Crippen molar-refractivity contribution < 1.29 is 9.15 Å². The highest BCUT2D eigenvalue weighted by atomic mass is 35.5. The number of likely N-dealkylation sites (tertiary alicyclic amines) is 1. The second-order valence-electron chi connectivity index (χ2n) is 8.50. The van der Waals surface area contributed by atoms with Gasteiger partial charge in [0.2, 0.25) is 0 Å². The van der Waals surface area contributed by atoms with E-state index in [0.29, 0.717) is 35.7 Å². The number of piperidine rings is 1. The molecule has 0 atom stereocenters. The lowest BCUT2D eigenvalue weighted by Gasteiger charge is -2.40. The molecule has 0 N–H and O–H groups in total. The molecule has 0 radical (unpaired) electrons. The van der Waals surface area contributed by atoms with Gasteiger partial charge in [0.1, 0.15) is 18.1 Å². The first-order valence-electron chi connectivity index (χ1n) is 11.0.